The van der Waals surface area contributed by atoms with Crippen molar-refractivity contribution in [3.05, 3.63) is 58.1 Å². The van der Waals surface area contributed by atoms with Gasteiger partial charge in [-0.3, -0.25) is 19.7 Å². The molecule has 1 unspecified atom stereocenters. The molecule has 2 heterocycles. The first-order chi connectivity index (χ1) is 15.3. The van der Waals surface area contributed by atoms with Crippen LogP contribution in [-0.2, 0) is 9.59 Å². The van der Waals surface area contributed by atoms with Gasteiger partial charge in [-0.25, -0.2) is 0 Å². The van der Waals surface area contributed by atoms with Gasteiger partial charge in [-0.05, 0) is 25.1 Å². The number of amides is 2. The van der Waals surface area contributed by atoms with Crippen LogP contribution in [0.15, 0.2) is 57.7 Å². The monoisotopic (exact) mass is 452 g/mol. The molecule has 1 aliphatic rings. The minimum atomic E-state index is -0.790. The third-order valence-corrected chi connectivity index (χ3v) is 5.62. The van der Waals surface area contributed by atoms with Crippen molar-refractivity contribution in [3.63, 3.8) is 0 Å². The number of nitrogens with one attached hydrogen (secondary N) is 2. The number of rotatable bonds is 5. The highest BCUT2D eigenvalue weighted by atomic mass is 32.2. The SMILES string of the molecule is Cc1ccc2[nH]c(O)c(N=NC3=NC(=O)C(CC(=O)Nc4cccc([N+](=O)[O-])c4)S3)c2c1. The number of aliphatic imine (C=N–C) groups is 1. The van der Waals surface area contributed by atoms with Crippen molar-refractivity contribution < 1.29 is 19.6 Å². The standard InChI is InChI=1S/C20H16N6O5S/c1-10-5-6-14-13(7-10)17(19(29)22-14)24-25-20-23-18(28)15(32-20)9-16(27)21-11-3-2-4-12(8-11)26(30)31/h2-8,15,22,29H,9H2,1H3,(H,21,27). The number of hydrogen-bond donors (Lipinski definition) is 3. The maximum absolute atomic E-state index is 12.3. The lowest BCUT2D eigenvalue weighted by Crippen LogP contribution is -2.21. The van der Waals surface area contributed by atoms with Gasteiger partial charge in [-0.2, -0.15) is 4.99 Å². The Morgan fingerprint density at radius 2 is 2.12 bits per heavy atom. The quantitative estimate of drug-likeness (QED) is 0.298. The van der Waals surface area contributed by atoms with Crippen molar-refractivity contribution in [2.75, 3.05) is 5.32 Å². The molecule has 32 heavy (non-hydrogen) atoms. The normalized spacial score (nSPS) is 16.0. The highest BCUT2D eigenvalue weighted by Crippen LogP contribution is 2.37. The lowest BCUT2D eigenvalue weighted by molar-refractivity contribution is -0.384. The molecule has 2 aromatic carbocycles. The number of aryl methyl sites for hydroxylation is 1. The molecule has 162 valence electrons. The Hall–Kier alpha value is -4.06. The van der Waals surface area contributed by atoms with Gasteiger partial charge in [0.05, 0.1) is 10.4 Å². The summed E-state index contributed by atoms with van der Waals surface area (Å²) in [5.74, 6) is -1.18. The molecule has 3 aromatic rings. The van der Waals surface area contributed by atoms with Crippen LogP contribution in [0.2, 0.25) is 0 Å². The van der Waals surface area contributed by atoms with Crippen molar-refractivity contribution in [3.8, 4) is 5.88 Å². The lowest BCUT2D eigenvalue weighted by atomic mass is 10.2. The number of anilines is 1. The summed E-state index contributed by atoms with van der Waals surface area (Å²) in [6.45, 7) is 1.91. The van der Waals surface area contributed by atoms with E-state index >= 15 is 0 Å². The molecule has 1 aliphatic heterocycles. The molecule has 3 N–H and O–H groups in total. The number of amidine groups is 1. The van der Waals surface area contributed by atoms with E-state index in [1.807, 2.05) is 25.1 Å². The van der Waals surface area contributed by atoms with Crippen LogP contribution >= 0.6 is 11.8 Å². The van der Waals surface area contributed by atoms with Gasteiger partial charge < -0.3 is 15.4 Å². The zero-order valence-corrected chi connectivity index (χ0v) is 17.4. The van der Waals surface area contributed by atoms with Gasteiger partial charge in [0.2, 0.25) is 17.0 Å². The molecule has 12 heteroatoms. The Morgan fingerprint density at radius 1 is 1.31 bits per heavy atom. The summed E-state index contributed by atoms with van der Waals surface area (Å²) in [5.41, 5.74) is 1.99. The fourth-order valence-electron chi connectivity index (χ4n) is 3.09. The molecule has 4 rings (SSSR count). The predicted molar refractivity (Wildman–Crippen MR) is 119 cm³/mol. The number of nitrogens with zero attached hydrogens (tertiary/aromatic N) is 4. The van der Waals surface area contributed by atoms with E-state index in [2.05, 4.69) is 25.5 Å². The van der Waals surface area contributed by atoms with Crippen LogP contribution in [-0.4, -0.2) is 37.2 Å². The van der Waals surface area contributed by atoms with E-state index in [-0.39, 0.29) is 34.5 Å². The van der Waals surface area contributed by atoms with Crippen LogP contribution < -0.4 is 5.32 Å². The number of aromatic amines is 1. The van der Waals surface area contributed by atoms with E-state index in [1.165, 1.54) is 24.3 Å². The first kappa shape index (κ1) is 21.2. The average Bonchev–Trinajstić information content (AvgIpc) is 3.24. The van der Waals surface area contributed by atoms with E-state index in [0.29, 0.717) is 10.9 Å². The predicted octanol–water partition coefficient (Wildman–Crippen LogP) is 4.20. The Bertz CT molecular complexity index is 1320. The van der Waals surface area contributed by atoms with Gasteiger partial charge in [-0.1, -0.05) is 29.5 Å². The van der Waals surface area contributed by atoms with Gasteiger partial charge in [0.1, 0.15) is 5.25 Å². The van der Waals surface area contributed by atoms with Crippen LogP contribution in [0.3, 0.4) is 0 Å². The topological polar surface area (TPSA) is 162 Å². The first-order valence-corrected chi connectivity index (χ1v) is 10.2. The molecule has 0 saturated carbocycles. The number of H-pyrrole nitrogens is 1. The van der Waals surface area contributed by atoms with Crippen LogP contribution in [0.25, 0.3) is 10.9 Å². The summed E-state index contributed by atoms with van der Waals surface area (Å²) in [6.07, 6.45) is -0.188. The molecule has 0 spiro atoms. The largest absolute Gasteiger partial charge is 0.493 e. The molecule has 1 aromatic heterocycles. The minimum Gasteiger partial charge on any atom is -0.493 e. The van der Waals surface area contributed by atoms with Crippen molar-refractivity contribution in [1.82, 2.24) is 4.98 Å². The highest BCUT2D eigenvalue weighted by Gasteiger charge is 2.31. The fourth-order valence-corrected chi connectivity index (χ4v) is 3.97. The second kappa shape index (κ2) is 8.59. The molecular weight excluding hydrogens is 436 g/mol. The molecule has 0 aliphatic carbocycles. The smallest absolute Gasteiger partial charge is 0.271 e. The summed E-state index contributed by atoms with van der Waals surface area (Å²) >= 11 is 0.981. The Balaban J connectivity index is 1.41. The number of non-ortho nitro benzene ring substituents is 1. The van der Waals surface area contributed by atoms with Gasteiger partial charge in [0.15, 0.2) is 5.69 Å². The Kier molecular flexibility index (Phi) is 5.69. The van der Waals surface area contributed by atoms with Crippen molar-refractivity contribution >= 4 is 56.7 Å². The number of benzene rings is 2. The number of aromatic nitrogens is 1. The van der Waals surface area contributed by atoms with E-state index in [1.54, 1.807) is 0 Å². The van der Waals surface area contributed by atoms with Gasteiger partial charge >= 0.3 is 0 Å². The maximum Gasteiger partial charge on any atom is 0.271 e. The molecule has 0 radical (unpaired) electrons. The van der Waals surface area contributed by atoms with Crippen LogP contribution in [0.1, 0.15) is 12.0 Å². The third-order valence-electron chi connectivity index (χ3n) is 4.58. The zero-order valence-electron chi connectivity index (χ0n) is 16.6. The van der Waals surface area contributed by atoms with Crippen LogP contribution in [0, 0.1) is 17.0 Å². The average molecular weight is 452 g/mol. The molecule has 2 amide bonds. The molecule has 0 bridgehead atoms. The summed E-state index contributed by atoms with van der Waals surface area (Å²) < 4.78 is 0. The van der Waals surface area contributed by atoms with E-state index < -0.39 is 22.0 Å². The number of azo groups is 1. The molecular formula is C20H16N6O5S. The minimum absolute atomic E-state index is 0.0737. The number of carbonyl (C=O) groups excluding carboxylic acids is 2. The lowest BCUT2D eigenvalue weighted by Gasteiger charge is -2.07. The van der Waals surface area contributed by atoms with Gasteiger partial charge in [0, 0.05) is 29.6 Å². The fraction of sp³-hybridized carbons (Fsp3) is 0.150. The van der Waals surface area contributed by atoms with Crippen molar-refractivity contribution in [2.45, 2.75) is 18.6 Å². The number of fused-ring (bicyclic) bond motifs is 1. The number of nitro benzene ring substituents is 1. The summed E-state index contributed by atoms with van der Waals surface area (Å²) in [7, 11) is 0. The molecule has 0 fully saturated rings. The summed E-state index contributed by atoms with van der Waals surface area (Å²) in [5, 5.41) is 31.4. The van der Waals surface area contributed by atoms with E-state index in [9.17, 15) is 24.8 Å². The van der Waals surface area contributed by atoms with E-state index in [0.717, 1.165) is 17.3 Å². The number of aromatic hydroxyl groups is 1. The summed E-state index contributed by atoms with van der Waals surface area (Å²) in [6, 6.07) is 11.0. The highest BCUT2D eigenvalue weighted by molar-refractivity contribution is 8.15. The number of hydrogen-bond acceptors (Lipinski definition) is 8. The van der Waals surface area contributed by atoms with Crippen molar-refractivity contribution in [2.24, 2.45) is 15.2 Å². The molecule has 11 nitrogen and oxygen atoms in total. The zero-order chi connectivity index (χ0) is 22.8. The third kappa shape index (κ3) is 4.49. The second-order valence-corrected chi connectivity index (χ2v) is 8.14. The summed E-state index contributed by atoms with van der Waals surface area (Å²) in [4.78, 5) is 41.3. The van der Waals surface area contributed by atoms with Gasteiger partial charge in [0.25, 0.3) is 11.6 Å². The first-order valence-electron chi connectivity index (χ1n) is 9.36. The second-order valence-electron chi connectivity index (χ2n) is 6.97. The number of carbonyl (C=O) groups is 2. The van der Waals surface area contributed by atoms with Crippen LogP contribution in [0.4, 0.5) is 17.1 Å². The van der Waals surface area contributed by atoms with E-state index in [4.69, 9.17) is 0 Å². The van der Waals surface area contributed by atoms with Crippen molar-refractivity contribution in [1.29, 1.82) is 0 Å². The molecule has 1 atom stereocenters. The Labute approximate surface area is 184 Å². The van der Waals surface area contributed by atoms with Crippen LogP contribution in [0.5, 0.6) is 5.88 Å². The molecule has 0 saturated heterocycles. The number of nitro groups is 1. The van der Waals surface area contributed by atoms with Gasteiger partial charge in [-0.15, -0.1) is 10.2 Å². The maximum atomic E-state index is 12.3. The number of thioether (sulfide) groups is 1. The Morgan fingerprint density at radius 3 is 2.91 bits per heavy atom.